The molecule has 2 rings (SSSR count). The Bertz CT molecular complexity index is 604. The molecule has 0 unspecified atom stereocenters. The van der Waals surface area contributed by atoms with Crippen LogP contribution in [0, 0.1) is 0 Å². The highest BCUT2D eigenvalue weighted by Crippen LogP contribution is 2.26. The van der Waals surface area contributed by atoms with Gasteiger partial charge in [0.1, 0.15) is 12.4 Å². The second-order valence-corrected chi connectivity index (χ2v) is 5.34. The third-order valence-corrected chi connectivity index (χ3v) is 3.70. The van der Waals surface area contributed by atoms with E-state index in [1.165, 1.54) is 0 Å². The highest BCUT2D eigenvalue weighted by Gasteiger charge is 2.06. The highest BCUT2D eigenvalue weighted by molar-refractivity contribution is 6.35. The van der Waals surface area contributed by atoms with Gasteiger partial charge in [-0.05, 0) is 36.2 Å². The van der Waals surface area contributed by atoms with Crippen molar-refractivity contribution in [1.82, 2.24) is 0 Å². The van der Waals surface area contributed by atoms with Crippen LogP contribution in [-0.4, -0.2) is 11.1 Å². The Kier molecular flexibility index (Phi) is 5.48. The number of aliphatic carboxylic acids is 1. The molecular formula is C16H14Cl2O3. The van der Waals surface area contributed by atoms with Crippen LogP contribution in [0.15, 0.2) is 42.5 Å². The number of rotatable bonds is 6. The summed E-state index contributed by atoms with van der Waals surface area (Å²) >= 11 is 12.1. The Morgan fingerprint density at radius 2 is 1.67 bits per heavy atom. The fraction of sp³-hybridized carbons (Fsp3) is 0.188. The first-order valence-corrected chi connectivity index (χ1v) is 7.18. The van der Waals surface area contributed by atoms with Crippen molar-refractivity contribution in [3.05, 3.63) is 63.6 Å². The van der Waals surface area contributed by atoms with Crippen molar-refractivity contribution in [1.29, 1.82) is 0 Å². The zero-order valence-electron chi connectivity index (χ0n) is 11.2. The van der Waals surface area contributed by atoms with Gasteiger partial charge in [-0.25, -0.2) is 0 Å². The molecule has 1 N–H and O–H groups in total. The van der Waals surface area contributed by atoms with E-state index in [4.69, 9.17) is 33.0 Å². The largest absolute Gasteiger partial charge is 0.489 e. The fourth-order valence-electron chi connectivity index (χ4n) is 1.83. The van der Waals surface area contributed by atoms with E-state index in [-0.39, 0.29) is 13.0 Å². The minimum atomic E-state index is -0.802. The first kappa shape index (κ1) is 15.7. The highest BCUT2D eigenvalue weighted by atomic mass is 35.5. The number of carboxylic acids is 1. The number of carboxylic acid groups (broad SMARTS) is 1. The zero-order chi connectivity index (χ0) is 15.2. The number of aryl methyl sites for hydroxylation is 1. The van der Waals surface area contributed by atoms with Crippen molar-refractivity contribution < 1.29 is 14.6 Å². The molecule has 0 radical (unpaired) electrons. The Hall–Kier alpha value is -1.71. The third kappa shape index (κ3) is 4.66. The summed E-state index contributed by atoms with van der Waals surface area (Å²) in [7, 11) is 0. The van der Waals surface area contributed by atoms with E-state index in [1.54, 1.807) is 18.2 Å². The smallest absolute Gasteiger partial charge is 0.303 e. The Balaban J connectivity index is 1.96. The van der Waals surface area contributed by atoms with Gasteiger partial charge < -0.3 is 9.84 Å². The van der Waals surface area contributed by atoms with E-state index in [1.807, 2.05) is 24.3 Å². The lowest BCUT2D eigenvalue weighted by Crippen LogP contribution is -1.99. The van der Waals surface area contributed by atoms with E-state index in [0.717, 1.165) is 11.1 Å². The summed E-state index contributed by atoms with van der Waals surface area (Å²) in [6.45, 7) is 0.285. The monoisotopic (exact) mass is 324 g/mol. The summed E-state index contributed by atoms with van der Waals surface area (Å²) in [5, 5.41) is 9.78. The predicted molar refractivity (Wildman–Crippen MR) is 83.2 cm³/mol. The van der Waals surface area contributed by atoms with Gasteiger partial charge >= 0.3 is 5.97 Å². The van der Waals surface area contributed by atoms with Crippen LogP contribution in [0.2, 0.25) is 10.0 Å². The molecule has 0 spiro atoms. The van der Waals surface area contributed by atoms with Gasteiger partial charge in [0, 0.05) is 22.0 Å². The van der Waals surface area contributed by atoms with Gasteiger partial charge in [-0.1, -0.05) is 41.4 Å². The predicted octanol–water partition coefficient (Wildman–Crippen LogP) is 4.59. The maximum absolute atomic E-state index is 10.5. The van der Waals surface area contributed by atoms with Gasteiger partial charge in [-0.2, -0.15) is 0 Å². The van der Waals surface area contributed by atoms with E-state index >= 15 is 0 Å². The summed E-state index contributed by atoms with van der Waals surface area (Å²) in [6.07, 6.45) is 0.626. The first-order chi connectivity index (χ1) is 10.1. The van der Waals surface area contributed by atoms with E-state index in [0.29, 0.717) is 22.2 Å². The molecule has 110 valence electrons. The summed E-state index contributed by atoms with van der Waals surface area (Å²) in [5.41, 5.74) is 1.70. The molecule has 2 aromatic carbocycles. The zero-order valence-corrected chi connectivity index (χ0v) is 12.7. The van der Waals surface area contributed by atoms with Gasteiger partial charge in [0.15, 0.2) is 0 Å². The van der Waals surface area contributed by atoms with Crippen LogP contribution in [-0.2, 0) is 17.8 Å². The molecule has 3 nitrogen and oxygen atoms in total. The van der Waals surface area contributed by atoms with Crippen molar-refractivity contribution in [3.8, 4) is 5.75 Å². The van der Waals surface area contributed by atoms with Gasteiger partial charge in [0.2, 0.25) is 0 Å². The SMILES string of the molecule is O=C(O)CCc1ccc(OCc2c(Cl)cccc2Cl)cc1. The molecule has 21 heavy (non-hydrogen) atoms. The molecule has 5 heteroatoms. The molecule has 0 atom stereocenters. The number of carbonyl (C=O) groups is 1. The van der Waals surface area contributed by atoms with Gasteiger partial charge in [-0.15, -0.1) is 0 Å². The maximum Gasteiger partial charge on any atom is 0.303 e. The van der Waals surface area contributed by atoms with Crippen molar-refractivity contribution in [2.24, 2.45) is 0 Å². The summed E-state index contributed by atoms with van der Waals surface area (Å²) in [6, 6.07) is 12.6. The molecule has 0 aliphatic heterocycles. The van der Waals surface area contributed by atoms with Crippen LogP contribution in [0.25, 0.3) is 0 Å². The summed E-state index contributed by atoms with van der Waals surface area (Å²) in [4.78, 5) is 10.5. The molecule has 0 saturated carbocycles. The van der Waals surface area contributed by atoms with Crippen molar-refractivity contribution in [2.75, 3.05) is 0 Å². The number of hydrogen-bond acceptors (Lipinski definition) is 2. The number of ether oxygens (including phenoxy) is 1. The van der Waals surface area contributed by atoms with Crippen LogP contribution in [0.4, 0.5) is 0 Å². The molecule has 0 aliphatic rings. The number of hydrogen-bond donors (Lipinski definition) is 1. The number of benzene rings is 2. The lowest BCUT2D eigenvalue weighted by molar-refractivity contribution is -0.136. The van der Waals surface area contributed by atoms with E-state index in [9.17, 15) is 4.79 Å². The topological polar surface area (TPSA) is 46.5 Å². The normalized spacial score (nSPS) is 10.4. The molecule has 0 aliphatic carbocycles. The fourth-order valence-corrected chi connectivity index (χ4v) is 2.34. The van der Waals surface area contributed by atoms with Crippen LogP contribution in [0.3, 0.4) is 0 Å². The van der Waals surface area contributed by atoms with Gasteiger partial charge in [0.25, 0.3) is 0 Å². The van der Waals surface area contributed by atoms with Gasteiger partial charge in [-0.3, -0.25) is 4.79 Å². The Labute approximate surface area is 133 Å². The van der Waals surface area contributed by atoms with E-state index in [2.05, 4.69) is 0 Å². The molecular weight excluding hydrogens is 311 g/mol. The van der Waals surface area contributed by atoms with Crippen molar-refractivity contribution in [2.45, 2.75) is 19.4 Å². The maximum atomic E-state index is 10.5. The summed E-state index contributed by atoms with van der Waals surface area (Å²) < 4.78 is 5.65. The van der Waals surface area contributed by atoms with E-state index < -0.39 is 5.97 Å². The molecule has 0 saturated heterocycles. The quantitative estimate of drug-likeness (QED) is 0.845. The minimum Gasteiger partial charge on any atom is -0.489 e. The summed E-state index contributed by atoms with van der Waals surface area (Å²) in [5.74, 6) is -0.117. The van der Waals surface area contributed by atoms with Crippen molar-refractivity contribution in [3.63, 3.8) is 0 Å². The second-order valence-electron chi connectivity index (χ2n) is 4.53. The minimum absolute atomic E-state index is 0.120. The number of halogens is 2. The Morgan fingerprint density at radius 1 is 1.05 bits per heavy atom. The van der Waals surface area contributed by atoms with Crippen LogP contribution in [0.5, 0.6) is 5.75 Å². The first-order valence-electron chi connectivity index (χ1n) is 6.42. The third-order valence-electron chi connectivity index (χ3n) is 3.00. The molecule has 0 amide bonds. The van der Waals surface area contributed by atoms with Crippen LogP contribution >= 0.6 is 23.2 Å². The van der Waals surface area contributed by atoms with Gasteiger partial charge in [0.05, 0.1) is 0 Å². The molecule has 2 aromatic rings. The molecule has 0 aromatic heterocycles. The molecule has 0 heterocycles. The average molecular weight is 325 g/mol. The van der Waals surface area contributed by atoms with Crippen LogP contribution in [0.1, 0.15) is 17.5 Å². The average Bonchev–Trinajstić information content (AvgIpc) is 2.46. The Morgan fingerprint density at radius 3 is 2.24 bits per heavy atom. The molecule has 0 fully saturated rings. The lowest BCUT2D eigenvalue weighted by atomic mass is 10.1. The lowest BCUT2D eigenvalue weighted by Gasteiger charge is -2.10. The standard InChI is InChI=1S/C16H14Cl2O3/c17-14-2-1-3-15(18)13(14)10-21-12-7-4-11(5-8-12)6-9-16(19)20/h1-5,7-8H,6,9-10H2,(H,19,20). The van der Waals surface area contributed by atoms with Crippen molar-refractivity contribution >= 4 is 29.2 Å². The van der Waals surface area contributed by atoms with Crippen LogP contribution < -0.4 is 4.74 Å². The second kappa shape index (κ2) is 7.34. The molecule has 0 bridgehead atoms.